The molecule has 196 valence electrons. The summed E-state index contributed by atoms with van der Waals surface area (Å²) in [6, 6.07) is 0. The third kappa shape index (κ3) is 4.79. The topological polar surface area (TPSA) is 63.6 Å². The fraction of sp³-hybridized carbons (Fsp3) is 0.742. The van der Waals surface area contributed by atoms with Crippen LogP contribution in [-0.2, 0) is 14.3 Å². The normalized spacial score (nSPS) is 35.8. The van der Waals surface area contributed by atoms with E-state index in [9.17, 15) is 14.7 Å². The standard InChI is InChI=1S/C31H48O4/c1-20(2)23-12-13-26-25(29(23,5)17-16-27(32)35-8)15-19-30(6)24(14-18-31(26,30)7)21(3)10-9-11-22(4)28(33)34/h11,21,23-24H,1,9-10,12-19H2,2-8H3,(H,33,34)/b22-11+/t21-,23+,24-,29+,30-,31+/m1/s1. The van der Waals surface area contributed by atoms with Crippen LogP contribution in [0.25, 0.3) is 0 Å². The Morgan fingerprint density at radius 1 is 1.14 bits per heavy atom. The molecule has 3 aliphatic carbocycles. The van der Waals surface area contributed by atoms with E-state index < -0.39 is 5.97 Å². The van der Waals surface area contributed by atoms with E-state index in [1.807, 2.05) is 6.08 Å². The zero-order valence-electron chi connectivity index (χ0n) is 23.3. The average Bonchev–Trinajstić information content (AvgIpc) is 3.08. The molecule has 0 aromatic carbocycles. The monoisotopic (exact) mass is 484 g/mol. The molecule has 0 aromatic heterocycles. The summed E-state index contributed by atoms with van der Waals surface area (Å²) in [7, 11) is 1.48. The van der Waals surface area contributed by atoms with Crippen LogP contribution in [0.1, 0.15) is 106 Å². The van der Waals surface area contributed by atoms with Crippen molar-refractivity contribution in [2.75, 3.05) is 7.11 Å². The summed E-state index contributed by atoms with van der Waals surface area (Å²) in [5.41, 5.74) is 5.43. The van der Waals surface area contributed by atoms with E-state index in [-0.39, 0.29) is 22.2 Å². The molecule has 0 aliphatic heterocycles. The largest absolute Gasteiger partial charge is 0.478 e. The van der Waals surface area contributed by atoms with Crippen LogP contribution in [0.2, 0.25) is 0 Å². The van der Waals surface area contributed by atoms with Crippen LogP contribution in [0.3, 0.4) is 0 Å². The van der Waals surface area contributed by atoms with Crippen LogP contribution in [0.15, 0.2) is 34.9 Å². The molecule has 0 aromatic rings. The highest BCUT2D eigenvalue weighted by atomic mass is 16.5. The van der Waals surface area contributed by atoms with E-state index in [0.29, 0.717) is 29.7 Å². The lowest BCUT2D eigenvalue weighted by Crippen LogP contribution is -2.48. The first-order valence-corrected chi connectivity index (χ1v) is 13.7. The molecule has 0 amide bonds. The minimum Gasteiger partial charge on any atom is -0.478 e. The van der Waals surface area contributed by atoms with Crippen LogP contribution >= 0.6 is 0 Å². The van der Waals surface area contributed by atoms with E-state index in [2.05, 4.69) is 41.2 Å². The highest BCUT2D eigenvalue weighted by molar-refractivity contribution is 5.85. The van der Waals surface area contributed by atoms with Gasteiger partial charge in [-0.1, -0.05) is 57.1 Å². The Hall–Kier alpha value is -1.84. The number of carbonyl (C=O) groups excluding carboxylic acids is 1. The first-order chi connectivity index (χ1) is 16.3. The maximum atomic E-state index is 12.1. The number of rotatable bonds is 9. The zero-order valence-corrected chi connectivity index (χ0v) is 23.3. The van der Waals surface area contributed by atoms with E-state index in [0.717, 1.165) is 38.5 Å². The minimum absolute atomic E-state index is 0.0270. The van der Waals surface area contributed by atoms with Crippen LogP contribution in [0.5, 0.6) is 0 Å². The van der Waals surface area contributed by atoms with Crippen LogP contribution in [0.4, 0.5) is 0 Å². The maximum Gasteiger partial charge on any atom is 0.330 e. The van der Waals surface area contributed by atoms with Gasteiger partial charge in [-0.25, -0.2) is 4.79 Å². The molecule has 35 heavy (non-hydrogen) atoms. The van der Waals surface area contributed by atoms with Gasteiger partial charge in [0.2, 0.25) is 0 Å². The van der Waals surface area contributed by atoms with Gasteiger partial charge in [0.1, 0.15) is 0 Å². The fourth-order valence-electron chi connectivity index (χ4n) is 8.50. The minimum atomic E-state index is -0.814. The number of hydrogen-bond donors (Lipinski definition) is 1. The van der Waals surface area contributed by atoms with E-state index in [1.54, 1.807) is 18.1 Å². The molecule has 6 atom stereocenters. The third-order valence-corrected chi connectivity index (χ3v) is 10.9. The van der Waals surface area contributed by atoms with Gasteiger partial charge in [0.05, 0.1) is 7.11 Å². The molecule has 1 N–H and O–H groups in total. The predicted molar refractivity (Wildman–Crippen MR) is 142 cm³/mol. The summed E-state index contributed by atoms with van der Waals surface area (Å²) >= 11 is 0. The lowest BCUT2D eigenvalue weighted by molar-refractivity contribution is -0.141. The van der Waals surface area contributed by atoms with Gasteiger partial charge in [-0.15, -0.1) is 0 Å². The van der Waals surface area contributed by atoms with Gasteiger partial charge in [0.15, 0.2) is 0 Å². The van der Waals surface area contributed by atoms with Crippen LogP contribution in [0, 0.1) is 34.0 Å². The number of carboxylic acids is 1. The van der Waals surface area contributed by atoms with E-state index in [4.69, 9.17) is 4.74 Å². The number of carboxylic acid groups (broad SMARTS) is 1. The summed E-state index contributed by atoms with van der Waals surface area (Å²) in [6.07, 6.45) is 12.1. The predicted octanol–water partition coefficient (Wildman–Crippen LogP) is 7.89. The molecule has 0 spiro atoms. The van der Waals surface area contributed by atoms with Crippen molar-refractivity contribution in [3.8, 4) is 0 Å². The number of methoxy groups -OCH3 is 1. The fourth-order valence-corrected chi connectivity index (χ4v) is 8.50. The Morgan fingerprint density at radius 3 is 2.43 bits per heavy atom. The summed E-state index contributed by atoms with van der Waals surface area (Å²) in [5, 5.41) is 9.17. The first kappa shape index (κ1) is 27.7. The third-order valence-electron chi connectivity index (χ3n) is 10.9. The van der Waals surface area contributed by atoms with Crippen molar-refractivity contribution < 1.29 is 19.4 Å². The smallest absolute Gasteiger partial charge is 0.330 e. The average molecular weight is 485 g/mol. The van der Waals surface area contributed by atoms with Crippen LogP contribution in [-0.4, -0.2) is 24.2 Å². The second-order valence-corrected chi connectivity index (χ2v) is 12.5. The van der Waals surface area contributed by atoms with Crippen molar-refractivity contribution in [3.63, 3.8) is 0 Å². The Balaban J connectivity index is 1.90. The molecule has 0 saturated heterocycles. The van der Waals surface area contributed by atoms with Gasteiger partial charge >= 0.3 is 11.9 Å². The molecule has 0 bridgehead atoms. The lowest BCUT2D eigenvalue weighted by atomic mass is 9.47. The number of ether oxygens (including phenoxy) is 1. The second kappa shape index (κ2) is 10.3. The summed E-state index contributed by atoms with van der Waals surface area (Å²) in [4.78, 5) is 23.3. The van der Waals surface area contributed by atoms with Crippen LogP contribution < -0.4 is 0 Å². The number of esters is 1. The highest BCUT2D eigenvalue weighted by Gasteiger charge is 2.61. The van der Waals surface area contributed by atoms with Gasteiger partial charge in [-0.05, 0) is 106 Å². The maximum absolute atomic E-state index is 12.1. The summed E-state index contributed by atoms with van der Waals surface area (Å²) in [5.74, 6) is 0.706. The van der Waals surface area contributed by atoms with Crippen molar-refractivity contribution in [1.29, 1.82) is 0 Å². The van der Waals surface area contributed by atoms with E-state index in [1.165, 1.54) is 31.9 Å². The number of hydrogen-bond acceptors (Lipinski definition) is 3. The molecule has 0 heterocycles. The zero-order chi connectivity index (χ0) is 26.2. The molecule has 3 rings (SSSR count). The Morgan fingerprint density at radius 2 is 1.83 bits per heavy atom. The molecule has 3 aliphatic rings. The second-order valence-electron chi connectivity index (χ2n) is 12.5. The Labute approximate surface area is 213 Å². The quantitative estimate of drug-likeness (QED) is 0.205. The van der Waals surface area contributed by atoms with Crippen molar-refractivity contribution in [3.05, 3.63) is 34.9 Å². The van der Waals surface area contributed by atoms with Crippen molar-refractivity contribution >= 4 is 11.9 Å². The van der Waals surface area contributed by atoms with E-state index >= 15 is 0 Å². The molecular formula is C31H48O4. The molecular weight excluding hydrogens is 436 g/mol. The lowest BCUT2D eigenvalue weighted by Gasteiger charge is -2.57. The van der Waals surface area contributed by atoms with Gasteiger partial charge in [-0.3, -0.25) is 4.79 Å². The van der Waals surface area contributed by atoms with Gasteiger partial charge in [0, 0.05) is 12.0 Å². The number of aliphatic carboxylic acids is 1. The first-order valence-electron chi connectivity index (χ1n) is 13.7. The summed E-state index contributed by atoms with van der Waals surface area (Å²) in [6.45, 7) is 18.1. The molecule has 0 unspecified atom stereocenters. The van der Waals surface area contributed by atoms with Crippen molar-refractivity contribution in [2.24, 2.45) is 34.0 Å². The number of allylic oxidation sites excluding steroid dienone is 4. The van der Waals surface area contributed by atoms with Gasteiger partial charge in [-0.2, -0.15) is 0 Å². The number of carbonyl (C=O) groups is 2. The number of fused-ring (bicyclic) bond motifs is 2. The van der Waals surface area contributed by atoms with Gasteiger partial charge < -0.3 is 9.84 Å². The highest BCUT2D eigenvalue weighted by Crippen LogP contribution is 2.71. The van der Waals surface area contributed by atoms with Crippen molar-refractivity contribution in [1.82, 2.24) is 0 Å². The molecule has 1 fully saturated rings. The van der Waals surface area contributed by atoms with Gasteiger partial charge in [0.25, 0.3) is 0 Å². The molecule has 4 heteroatoms. The SMILES string of the molecule is C=C(C)[C@@H]1CCC2=C(CC[C@]3(C)[C@@H]([C@H](C)CC/C=C(\C)C(=O)O)CC[C@@]23C)[C@@]1(C)CCC(=O)OC. The molecule has 4 nitrogen and oxygen atoms in total. The molecule has 1 saturated carbocycles. The summed E-state index contributed by atoms with van der Waals surface area (Å²) < 4.78 is 5.01. The van der Waals surface area contributed by atoms with Crippen molar-refractivity contribution in [2.45, 2.75) is 106 Å². The Kier molecular flexibility index (Phi) is 8.13. The molecule has 0 radical (unpaired) electrons. The Bertz CT molecular complexity index is 926.